The lowest BCUT2D eigenvalue weighted by molar-refractivity contribution is -0.137. The van der Waals surface area contributed by atoms with Gasteiger partial charge in [0.1, 0.15) is 11.6 Å². The van der Waals surface area contributed by atoms with Gasteiger partial charge in [0.25, 0.3) is 5.91 Å². The van der Waals surface area contributed by atoms with E-state index in [0.29, 0.717) is 28.5 Å². The number of hydrogen-bond donors (Lipinski definition) is 1. The van der Waals surface area contributed by atoms with Gasteiger partial charge in [-0.2, -0.15) is 13.2 Å². The number of piperidine rings is 1. The van der Waals surface area contributed by atoms with Crippen molar-refractivity contribution in [1.29, 1.82) is 0 Å². The molecule has 400 valence electrons. The summed E-state index contributed by atoms with van der Waals surface area (Å²) >= 11 is 0. The van der Waals surface area contributed by atoms with E-state index in [4.69, 9.17) is 4.74 Å². The average molecular weight is 1060 g/mol. The van der Waals surface area contributed by atoms with Gasteiger partial charge in [-0.25, -0.2) is 4.39 Å². The summed E-state index contributed by atoms with van der Waals surface area (Å²) < 4.78 is 65.7. The van der Waals surface area contributed by atoms with Gasteiger partial charge in [0.05, 0.1) is 5.56 Å². The van der Waals surface area contributed by atoms with E-state index >= 15 is 0 Å². The lowest BCUT2D eigenvalue weighted by atomic mass is 9.76. The quantitative estimate of drug-likeness (QED) is 0.0979. The van der Waals surface area contributed by atoms with Gasteiger partial charge < -0.3 is 15.0 Å². The SMILES string of the molecule is CCCCCC1CCC(c2c#cc(-c3ccc(C(=O)Nc4ccc(-c5cc6c7c(c8c(c6cc5C)OC(c5ccc(F)cc5)(c5ccc(N6CCCCC6)cc5)C=C8)C(C)(C)c5cc(C(F)(F)F)ccc5-7)cc4)cc3)cc2)CC1. The Hall–Kier alpha value is -7.63. The second-order valence-electron chi connectivity index (χ2n) is 23.1. The van der Waals surface area contributed by atoms with E-state index in [0.717, 1.165) is 110 Å². The number of rotatable bonds is 12. The minimum absolute atomic E-state index is 0.226. The fourth-order valence-electron chi connectivity index (χ4n) is 13.4. The molecule has 8 aromatic rings. The molecule has 1 amide bonds. The van der Waals surface area contributed by atoms with Crippen LogP contribution in [-0.2, 0) is 17.2 Å². The lowest BCUT2D eigenvalue weighted by Crippen LogP contribution is -2.35. The maximum absolute atomic E-state index is 14.7. The summed E-state index contributed by atoms with van der Waals surface area (Å²) in [6.07, 6.45) is 13.5. The first-order chi connectivity index (χ1) is 38.2. The predicted octanol–water partition coefficient (Wildman–Crippen LogP) is 19.0. The highest BCUT2D eigenvalue weighted by Crippen LogP contribution is 2.59. The van der Waals surface area contributed by atoms with Crippen molar-refractivity contribution in [2.24, 2.45) is 5.92 Å². The topological polar surface area (TPSA) is 41.6 Å². The van der Waals surface area contributed by atoms with Crippen molar-refractivity contribution in [3.05, 3.63) is 214 Å². The molecule has 1 unspecified atom stereocenters. The Labute approximate surface area is 462 Å². The predicted molar refractivity (Wildman–Crippen MR) is 312 cm³/mol. The Bertz CT molecular complexity index is 3590. The summed E-state index contributed by atoms with van der Waals surface area (Å²) in [5, 5.41) is 4.74. The van der Waals surface area contributed by atoms with Gasteiger partial charge in [0.15, 0.2) is 5.60 Å². The van der Waals surface area contributed by atoms with Crippen molar-refractivity contribution in [3.63, 3.8) is 0 Å². The van der Waals surface area contributed by atoms with Crippen LogP contribution < -0.4 is 15.0 Å². The molecule has 1 saturated heterocycles. The minimum atomic E-state index is -4.53. The number of unbranched alkanes of at least 4 members (excludes halogenated alkanes) is 2. The van der Waals surface area contributed by atoms with Gasteiger partial charge in [-0.3, -0.25) is 4.79 Å². The van der Waals surface area contributed by atoms with Gasteiger partial charge in [0, 0.05) is 68.6 Å². The Kier molecular flexibility index (Phi) is 13.8. The van der Waals surface area contributed by atoms with E-state index < -0.39 is 22.8 Å². The first-order valence-electron chi connectivity index (χ1n) is 28.5. The molecular weight excluding hydrogens is 989 g/mol. The molecule has 0 bridgehead atoms. The van der Waals surface area contributed by atoms with E-state index in [1.807, 2.05) is 68.5 Å². The van der Waals surface area contributed by atoms with Crippen LogP contribution >= 0.6 is 0 Å². The van der Waals surface area contributed by atoms with Crippen LogP contribution in [0.2, 0.25) is 0 Å². The number of nitrogens with one attached hydrogen (secondary N) is 1. The normalized spacial score (nSPS) is 19.3. The number of carbonyl (C=O) groups excluding carboxylic acids is 1. The van der Waals surface area contributed by atoms with Crippen molar-refractivity contribution in [2.75, 3.05) is 23.3 Å². The van der Waals surface area contributed by atoms with Gasteiger partial charge >= 0.3 is 6.18 Å². The molecule has 1 saturated carbocycles. The summed E-state index contributed by atoms with van der Waals surface area (Å²) in [4.78, 5) is 16.1. The number of benzene rings is 7. The molecule has 8 heteroatoms. The molecule has 79 heavy (non-hydrogen) atoms. The van der Waals surface area contributed by atoms with Gasteiger partial charge in [-0.1, -0.05) is 119 Å². The number of anilines is 2. The molecule has 0 aromatic heterocycles. The third-order valence-electron chi connectivity index (χ3n) is 17.8. The Balaban J connectivity index is 0.853. The molecule has 2 aliphatic heterocycles. The van der Waals surface area contributed by atoms with Crippen molar-refractivity contribution < 1.29 is 27.1 Å². The zero-order valence-electron chi connectivity index (χ0n) is 45.6. The molecule has 2 fully saturated rings. The summed E-state index contributed by atoms with van der Waals surface area (Å²) in [5.41, 5.74) is 11.0. The second kappa shape index (κ2) is 20.9. The lowest BCUT2D eigenvalue weighted by Gasteiger charge is -2.39. The molecule has 12 rings (SSSR count). The number of hydrogen-bond acceptors (Lipinski definition) is 3. The average Bonchev–Trinajstić information content (AvgIpc) is 4.01. The van der Waals surface area contributed by atoms with E-state index in [2.05, 4.69) is 90.8 Å². The number of nitrogens with zero attached hydrogens (tertiary/aromatic N) is 1. The molecule has 8 aromatic carbocycles. The standard InChI is InChI=1S/C71H66F4N2O2/c1-5-6-8-11-46-12-14-47(15-13-46)48-16-18-49(19-17-48)50-20-22-52(23-21-50)68(78)76-57-33-24-51(25-34-57)61-44-62-63(42-45(61)2)67-60(66-65(62)59-37-30-55(71(73,74)75)43-64(59)69(66,3)4)38-39-70(79-67,53-26-31-56(72)32-27-53)54-28-35-58(36-29-54)77-40-9-7-10-41-77/h16,18,20-39,42-44,46-47H,5-15,40-41H2,1-4H3,(H,76,78). The molecule has 2 aliphatic carbocycles. The van der Waals surface area contributed by atoms with Crippen molar-refractivity contribution >= 4 is 34.1 Å². The van der Waals surface area contributed by atoms with Crippen LogP contribution in [0.1, 0.15) is 152 Å². The smallest absolute Gasteiger partial charge is 0.416 e. The number of alkyl halides is 3. The maximum Gasteiger partial charge on any atom is 0.416 e. The largest absolute Gasteiger partial charge is 0.472 e. The number of ether oxygens (including phenoxy) is 1. The number of fused-ring (bicyclic) bond motifs is 8. The Morgan fingerprint density at radius 1 is 0.734 bits per heavy atom. The van der Waals surface area contributed by atoms with Crippen molar-refractivity contribution in [1.82, 2.24) is 0 Å². The molecule has 1 atom stereocenters. The first-order valence-corrected chi connectivity index (χ1v) is 28.5. The third-order valence-corrected chi connectivity index (χ3v) is 17.8. The van der Waals surface area contributed by atoms with Crippen molar-refractivity contribution in [3.8, 4) is 39.1 Å². The number of halogens is 4. The Morgan fingerprint density at radius 2 is 1.43 bits per heavy atom. The second-order valence-corrected chi connectivity index (χ2v) is 23.1. The zero-order chi connectivity index (χ0) is 54.6. The van der Waals surface area contributed by atoms with Crippen LogP contribution in [0.5, 0.6) is 5.75 Å². The van der Waals surface area contributed by atoms with Gasteiger partial charge in [-0.05, 0) is 205 Å². The first kappa shape index (κ1) is 52.1. The molecule has 2 heterocycles. The summed E-state index contributed by atoms with van der Waals surface area (Å²) in [7, 11) is 0. The van der Waals surface area contributed by atoms with E-state index in [-0.39, 0.29) is 11.7 Å². The number of amides is 1. The number of aryl methyl sites for hydroxylation is 1. The molecule has 1 N–H and O–H groups in total. The number of carbonyl (C=O) groups is 1. The van der Waals surface area contributed by atoms with E-state index in [9.17, 15) is 22.4 Å². The van der Waals surface area contributed by atoms with Crippen LogP contribution in [0.15, 0.2) is 146 Å². The monoisotopic (exact) mass is 1050 g/mol. The van der Waals surface area contributed by atoms with E-state index in [1.165, 1.54) is 87.6 Å². The van der Waals surface area contributed by atoms with E-state index in [1.54, 1.807) is 18.2 Å². The highest BCUT2D eigenvalue weighted by Gasteiger charge is 2.46. The highest BCUT2D eigenvalue weighted by molar-refractivity contribution is 6.10. The molecule has 4 nitrogen and oxygen atoms in total. The maximum atomic E-state index is 14.7. The summed E-state index contributed by atoms with van der Waals surface area (Å²) in [6, 6.07) is 49.9. The zero-order valence-corrected chi connectivity index (χ0v) is 45.6. The van der Waals surface area contributed by atoms with Crippen molar-refractivity contribution in [2.45, 2.75) is 121 Å². The Morgan fingerprint density at radius 3 is 2.10 bits per heavy atom. The van der Waals surface area contributed by atoms with Crippen LogP contribution in [0.3, 0.4) is 0 Å². The molecular formula is C71H66F4N2O2. The van der Waals surface area contributed by atoms with Crippen LogP contribution in [0, 0.1) is 30.8 Å². The van der Waals surface area contributed by atoms with Crippen LogP contribution in [0.25, 0.3) is 50.2 Å². The van der Waals surface area contributed by atoms with Gasteiger partial charge in [-0.15, -0.1) is 0 Å². The fourth-order valence-corrected chi connectivity index (χ4v) is 13.4. The molecule has 0 radical (unpaired) electrons. The molecule has 4 aliphatic rings. The minimum Gasteiger partial charge on any atom is -0.472 e. The van der Waals surface area contributed by atoms with Crippen LogP contribution in [-0.4, -0.2) is 19.0 Å². The van der Waals surface area contributed by atoms with Crippen LogP contribution in [0.4, 0.5) is 28.9 Å². The summed E-state index contributed by atoms with van der Waals surface area (Å²) in [5.74, 6) is 1.43. The van der Waals surface area contributed by atoms with Gasteiger partial charge in [0.2, 0.25) is 0 Å². The molecule has 0 spiro atoms. The third kappa shape index (κ3) is 9.78. The highest BCUT2D eigenvalue weighted by atomic mass is 19.4. The summed E-state index contributed by atoms with van der Waals surface area (Å²) in [6.45, 7) is 10.3. The fraction of sp³-hybridized carbons (Fsp3) is 0.310.